The van der Waals surface area contributed by atoms with Crippen LogP contribution < -0.4 is 4.74 Å². The summed E-state index contributed by atoms with van der Waals surface area (Å²) in [6, 6.07) is 9.57. The minimum atomic E-state index is 0.0127. The molecule has 8 heteroatoms. The monoisotopic (exact) mass is 381 g/mol. The van der Waals surface area contributed by atoms with Gasteiger partial charge in [0.15, 0.2) is 12.4 Å². The Kier molecular flexibility index (Phi) is 5.10. The molecule has 3 heterocycles. The van der Waals surface area contributed by atoms with Crippen molar-refractivity contribution in [2.24, 2.45) is 7.05 Å². The summed E-state index contributed by atoms with van der Waals surface area (Å²) >= 11 is 0. The largest absolute Gasteiger partial charge is 0.484 e. The summed E-state index contributed by atoms with van der Waals surface area (Å²) < 4.78 is 12.6. The fourth-order valence-electron chi connectivity index (χ4n) is 3.36. The van der Waals surface area contributed by atoms with E-state index in [0.29, 0.717) is 30.5 Å². The number of carbonyl (C=O) groups is 1. The van der Waals surface area contributed by atoms with Gasteiger partial charge < -0.3 is 14.2 Å². The molecule has 8 nitrogen and oxygen atoms in total. The Morgan fingerprint density at radius 1 is 1.21 bits per heavy atom. The highest BCUT2D eigenvalue weighted by Gasteiger charge is 2.28. The van der Waals surface area contributed by atoms with Gasteiger partial charge in [0.05, 0.1) is 0 Å². The van der Waals surface area contributed by atoms with Crippen LogP contribution in [-0.2, 0) is 13.7 Å². The van der Waals surface area contributed by atoms with Gasteiger partial charge in [-0.3, -0.25) is 9.48 Å². The summed E-state index contributed by atoms with van der Waals surface area (Å²) in [5.41, 5.74) is 1.79. The average Bonchev–Trinajstić information content (AvgIpc) is 3.36. The second-order valence-electron chi connectivity index (χ2n) is 7.05. The van der Waals surface area contributed by atoms with Crippen LogP contribution in [0.1, 0.15) is 46.5 Å². The fraction of sp³-hybridized carbons (Fsp3) is 0.400. The molecule has 0 aliphatic carbocycles. The molecule has 2 aromatic heterocycles. The van der Waals surface area contributed by atoms with E-state index in [1.54, 1.807) is 24.0 Å². The van der Waals surface area contributed by atoms with E-state index in [1.807, 2.05) is 36.1 Å². The van der Waals surface area contributed by atoms with Crippen molar-refractivity contribution in [3.05, 3.63) is 59.5 Å². The highest BCUT2D eigenvalue weighted by atomic mass is 16.5. The standard InChI is InChI=1S/C20H23N5O3/c1-14-3-5-16(6-4-14)27-13-18-22-19(23-28-18)15-8-11-25(12-9-15)20(26)17-7-10-21-24(17)2/h3-7,10,15H,8-9,11-13H2,1-2H3. The van der Waals surface area contributed by atoms with Gasteiger partial charge >= 0.3 is 0 Å². The van der Waals surface area contributed by atoms with Crippen molar-refractivity contribution in [3.8, 4) is 5.75 Å². The van der Waals surface area contributed by atoms with Crippen LogP contribution in [0.15, 0.2) is 41.1 Å². The topological polar surface area (TPSA) is 86.3 Å². The molecule has 1 saturated heterocycles. The van der Waals surface area contributed by atoms with Gasteiger partial charge in [-0.15, -0.1) is 0 Å². The molecule has 0 spiro atoms. The minimum absolute atomic E-state index is 0.0127. The van der Waals surface area contributed by atoms with Crippen LogP contribution >= 0.6 is 0 Å². The Bertz CT molecular complexity index is 939. The molecule has 1 aromatic carbocycles. The fourth-order valence-corrected chi connectivity index (χ4v) is 3.36. The van der Waals surface area contributed by atoms with Crippen molar-refractivity contribution in [1.82, 2.24) is 24.8 Å². The van der Waals surface area contributed by atoms with E-state index < -0.39 is 0 Å². The first-order chi connectivity index (χ1) is 13.6. The molecule has 0 unspecified atom stereocenters. The van der Waals surface area contributed by atoms with Crippen LogP contribution in [0.2, 0.25) is 0 Å². The Balaban J connectivity index is 1.31. The maximum Gasteiger partial charge on any atom is 0.272 e. The molecule has 1 fully saturated rings. The van der Waals surface area contributed by atoms with Gasteiger partial charge in [-0.25, -0.2) is 0 Å². The van der Waals surface area contributed by atoms with Crippen molar-refractivity contribution in [1.29, 1.82) is 0 Å². The molecule has 4 rings (SSSR count). The highest BCUT2D eigenvalue weighted by Crippen LogP contribution is 2.27. The minimum Gasteiger partial charge on any atom is -0.484 e. The van der Waals surface area contributed by atoms with E-state index in [0.717, 1.165) is 18.6 Å². The van der Waals surface area contributed by atoms with Gasteiger partial charge in [-0.2, -0.15) is 10.1 Å². The molecule has 1 aliphatic rings. The van der Waals surface area contributed by atoms with E-state index in [1.165, 1.54) is 5.56 Å². The SMILES string of the molecule is Cc1ccc(OCc2nc(C3CCN(C(=O)c4ccnn4C)CC3)no2)cc1. The van der Waals surface area contributed by atoms with E-state index in [4.69, 9.17) is 9.26 Å². The summed E-state index contributed by atoms with van der Waals surface area (Å²) in [5.74, 6) is 2.12. The average molecular weight is 381 g/mol. The molecule has 0 bridgehead atoms. The van der Waals surface area contributed by atoms with Crippen LogP contribution in [0.25, 0.3) is 0 Å². The smallest absolute Gasteiger partial charge is 0.272 e. The molecular formula is C20H23N5O3. The number of likely N-dealkylation sites (tertiary alicyclic amines) is 1. The van der Waals surface area contributed by atoms with Crippen molar-refractivity contribution in [2.45, 2.75) is 32.3 Å². The van der Waals surface area contributed by atoms with E-state index in [-0.39, 0.29) is 18.4 Å². The third-order valence-electron chi connectivity index (χ3n) is 5.05. The zero-order valence-corrected chi connectivity index (χ0v) is 16.0. The number of hydrogen-bond acceptors (Lipinski definition) is 6. The van der Waals surface area contributed by atoms with Gasteiger partial charge in [0.2, 0.25) is 0 Å². The maximum absolute atomic E-state index is 12.6. The number of aromatic nitrogens is 4. The van der Waals surface area contributed by atoms with Crippen LogP contribution in [0.5, 0.6) is 5.75 Å². The molecule has 3 aromatic rings. The van der Waals surface area contributed by atoms with Crippen LogP contribution in [-0.4, -0.2) is 43.8 Å². The van der Waals surface area contributed by atoms with Crippen LogP contribution in [0.4, 0.5) is 0 Å². The molecule has 1 aliphatic heterocycles. The summed E-state index contributed by atoms with van der Waals surface area (Å²) in [6.07, 6.45) is 3.25. The van der Waals surface area contributed by atoms with E-state index in [2.05, 4.69) is 15.2 Å². The van der Waals surface area contributed by atoms with E-state index >= 15 is 0 Å². The molecule has 1 amide bonds. The third kappa shape index (κ3) is 3.90. The maximum atomic E-state index is 12.6. The van der Waals surface area contributed by atoms with Crippen molar-refractivity contribution in [3.63, 3.8) is 0 Å². The van der Waals surface area contributed by atoms with Gasteiger partial charge in [-0.1, -0.05) is 22.9 Å². The molecule has 28 heavy (non-hydrogen) atoms. The Morgan fingerprint density at radius 2 is 1.96 bits per heavy atom. The second-order valence-corrected chi connectivity index (χ2v) is 7.05. The van der Waals surface area contributed by atoms with Crippen molar-refractivity contribution >= 4 is 5.91 Å². The number of carbonyl (C=O) groups excluding carboxylic acids is 1. The molecule has 0 radical (unpaired) electrons. The number of nitrogens with zero attached hydrogens (tertiary/aromatic N) is 5. The zero-order chi connectivity index (χ0) is 19.5. The lowest BCUT2D eigenvalue weighted by molar-refractivity contribution is 0.0699. The number of aryl methyl sites for hydroxylation is 2. The summed E-state index contributed by atoms with van der Waals surface area (Å²) in [6.45, 7) is 3.61. The van der Waals surface area contributed by atoms with Gasteiger partial charge in [0, 0.05) is 32.3 Å². The first kappa shape index (κ1) is 18.2. The third-order valence-corrected chi connectivity index (χ3v) is 5.05. The highest BCUT2D eigenvalue weighted by molar-refractivity contribution is 5.92. The Labute approximate surface area is 163 Å². The number of benzene rings is 1. The Morgan fingerprint density at radius 3 is 2.64 bits per heavy atom. The molecule has 0 saturated carbocycles. The van der Waals surface area contributed by atoms with Gasteiger partial charge in [0.1, 0.15) is 11.4 Å². The number of ether oxygens (including phenoxy) is 1. The first-order valence-electron chi connectivity index (χ1n) is 9.39. The number of hydrogen-bond donors (Lipinski definition) is 0. The lowest BCUT2D eigenvalue weighted by Gasteiger charge is -2.30. The van der Waals surface area contributed by atoms with Crippen LogP contribution in [0, 0.1) is 6.92 Å². The van der Waals surface area contributed by atoms with Crippen molar-refractivity contribution < 1.29 is 14.1 Å². The summed E-state index contributed by atoms with van der Waals surface area (Å²) in [4.78, 5) is 18.9. The summed E-state index contributed by atoms with van der Waals surface area (Å²) in [5, 5.41) is 8.18. The predicted molar refractivity (Wildman–Crippen MR) is 101 cm³/mol. The van der Waals surface area contributed by atoms with Gasteiger partial charge in [0.25, 0.3) is 11.8 Å². The van der Waals surface area contributed by atoms with E-state index in [9.17, 15) is 4.79 Å². The molecule has 0 atom stereocenters. The number of piperidine rings is 1. The second kappa shape index (κ2) is 7.84. The Hall–Kier alpha value is -3.16. The lowest BCUT2D eigenvalue weighted by atomic mass is 9.96. The summed E-state index contributed by atoms with van der Waals surface area (Å²) in [7, 11) is 1.78. The lowest BCUT2D eigenvalue weighted by Crippen LogP contribution is -2.38. The molecular weight excluding hydrogens is 358 g/mol. The first-order valence-corrected chi connectivity index (χ1v) is 9.39. The van der Waals surface area contributed by atoms with Gasteiger partial charge in [-0.05, 0) is 38.0 Å². The molecule has 0 N–H and O–H groups in total. The molecule has 146 valence electrons. The zero-order valence-electron chi connectivity index (χ0n) is 16.0. The van der Waals surface area contributed by atoms with Crippen LogP contribution in [0.3, 0.4) is 0 Å². The van der Waals surface area contributed by atoms with Crippen molar-refractivity contribution in [2.75, 3.05) is 13.1 Å². The predicted octanol–water partition coefficient (Wildman–Crippen LogP) is 2.71. The number of amides is 1. The normalized spacial score (nSPS) is 15.0. The quantitative estimate of drug-likeness (QED) is 0.675. The number of rotatable bonds is 5.